The molecular formula is C21H21NOS. The van der Waals surface area contributed by atoms with E-state index >= 15 is 0 Å². The van der Waals surface area contributed by atoms with Gasteiger partial charge in [0, 0.05) is 11.7 Å². The Kier molecular flexibility index (Phi) is 6.12. The van der Waals surface area contributed by atoms with Crippen LogP contribution in [0.15, 0.2) is 65.6 Å². The number of benzene rings is 2. The van der Waals surface area contributed by atoms with E-state index in [0.717, 1.165) is 37.4 Å². The summed E-state index contributed by atoms with van der Waals surface area (Å²) in [6.45, 7) is 1.65. The highest BCUT2D eigenvalue weighted by Gasteiger charge is 2.19. The maximum Gasteiger partial charge on any atom is 0.0991 e. The van der Waals surface area contributed by atoms with E-state index in [1.807, 2.05) is 36.0 Å². The molecule has 2 aromatic carbocycles. The first-order valence-corrected chi connectivity index (χ1v) is 9.31. The number of thioether (sulfide) groups is 1. The van der Waals surface area contributed by atoms with Crippen molar-refractivity contribution in [2.24, 2.45) is 5.92 Å². The van der Waals surface area contributed by atoms with Gasteiger partial charge in [-0.3, -0.25) is 0 Å². The number of nitrogens with zero attached hydrogens (tertiary/aromatic N) is 1. The molecule has 0 aromatic heterocycles. The zero-order valence-corrected chi connectivity index (χ0v) is 14.5. The lowest BCUT2D eigenvalue weighted by Gasteiger charge is -2.26. The van der Waals surface area contributed by atoms with Crippen molar-refractivity contribution in [1.29, 1.82) is 5.26 Å². The van der Waals surface area contributed by atoms with Crippen molar-refractivity contribution < 1.29 is 4.74 Å². The SMILES string of the molecule is N#Cc1ccc(CS/C=C2\CCOCC2Cc2ccccc2)cc1. The number of ether oxygens (including phenoxy) is 1. The Labute approximate surface area is 148 Å². The van der Waals surface area contributed by atoms with E-state index in [4.69, 9.17) is 10.00 Å². The van der Waals surface area contributed by atoms with Crippen LogP contribution < -0.4 is 0 Å². The van der Waals surface area contributed by atoms with E-state index in [-0.39, 0.29) is 0 Å². The highest BCUT2D eigenvalue weighted by atomic mass is 32.2. The summed E-state index contributed by atoms with van der Waals surface area (Å²) >= 11 is 1.84. The van der Waals surface area contributed by atoms with Crippen LogP contribution in [0.4, 0.5) is 0 Å². The van der Waals surface area contributed by atoms with Gasteiger partial charge in [-0.05, 0) is 41.5 Å². The van der Waals surface area contributed by atoms with E-state index in [2.05, 4.69) is 41.8 Å². The molecule has 1 heterocycles. The number of hydrogen-bond donors (Lipinski definition) is 0. The molecule has 2 aromatic rings. The van der Waals surface area contributed by atoms with Crippen molar-refractivity contribution in [2.75, 3.05) is 13.2 Å². The molecule has 0 N–H and O–H groups in total. The minimum atomic E-state index is 0.481. The molecule has 0 radical (unpaired) electrons. The number of rotatable bonds is 5. The van der Waals surface area contributed by atoms with Crippen LogP contribution >= 0.6 is 11.8 Å². The molecule has 3 rings (SSSR count). The first-order valence-electron chi connectivity index (χ1n) is 8.26. The van der Waals surface area contributed by atoms with Crippen LogP contribution in [0.3, 0.4) is 0 Å². The predicted octanol–water partition coefficient (Wildman–Crippen LogP) is 4.95. The van der Waals surface area contributed by atoms with Gasteiger partial charge >= 0.3 is 0 Å². The molecule has 1 aliphatic heterocycles. The average molecular weight is 335 g/mol. The third-order valence-corrected chi connectivity index (χ3v) is 5.24. The second kappa shape index (κ2) is 8.73. The Morgan fingerprint density at radius 3 is 2.62 bits per heavy atom. The summed E-state index contributed by atoms with van der Waals surface area (Å²) in [5, 5.41) is 11.2. The summed E-state index contributed by atoms with van der Waals surface area (Å²) in [5.74, 6) is 1.42. The second-order valence-corrected chi connectivity index (χ2v) is 6.88. The Bertz CT molecular complexity index is 716. The third kappa shape index (κ3) is 4.74. The van der Waals surface area contributed by atoms with E-state index in [1.165, 1.54) is 16.7 Å². The van der Waals surface area contributed by atoms with Crippen LogP contribution in [-0.2, 0) is 16.9 Å². The molecule has 0 bridgehead atoms. The Hall–Kier alpha value is -2.02. The normalized spacial score (nSPS) is 19.1. The van der Waals surface area contributed by atoms with Crippen LogP contribution in [0, 0.1) is 17.2 Å². The van der Waals surface area contributed by atoms with Gasteiger partial charge in [0.2, 0.25) is 0 Å². The molecule has 1 atom stereocenters. The summed E-state index contributed by atoms with van der Waals surface area (Å²) in [6, 6.07) is 20.6. The smallest absolute Gasteiger partial charge is 0.0991 e. The van der Waals surface area contributed by atoms with Crippen LogP contribution in [0.5, 0.6) is 0 Å². The highest BCUT2D eigenvalue weighted by Crippen LogP contribution is 2.28. The summed E-state index contributed by atoms with van der Waals surface area (Å²) < 4.78 is 5.69. The minimum Gasteiger partial charge on any atom is -0.380 e. The predicted molar refractivity (Wildman–Crippen MR) is 99.6 cm³/mol. The minimum absolute atomic E-state index is 0.481. The summed E-state index contributed by atoms with van der Waals surface area (Å²) in [5.41, 5.74) is 4.84. The van der Waals surface area contributed by atoms with Crippen LogP contribution in [0.25, 0.3) is 0 Å². The van der Waals surface area contributed by atoms with Gasteiger partial charge < -0.3 is 4.74 Å². The molecule has 0 amide bonds. The van der Waals surface area contributed by atoms with Gasteiger partial charge in [-0.2, -0.15) is 5.26 Å². The van der Waals surface area contributed by atoms with Crippen molar-refractivity contribution in [3.05, 3.63) is 82.3 Å². The molecule has 24 heavy (non-hydrogen) atoms. The first kappa shape index (κ1) is 16.8. The van der Waals surface area contributed by atoms with E-state index in [1.54, 1.807) is 0 Å². The Morgan fingerprint density at radius 2 is 1.88 bits per heavy atom. The molecule has 1 fully saturated rings. The van der Waals surface area contributed by atoms with Crippen molar-refractivity contribution in [3.63, 3.8) is 0 Å². The van der Waals surface area contributed by atoms with Gasteiger partial charge in [0.1, 0.15) is 0 Å². The van der Waals surface area contributed by atoms with E-state index < -0.39 is 0 Å². The van der Waals surface area contributed by atoms with Crippen molar-refractivity contribution in [2.45, 2.75) is 18.6 Å². The van der Waals surface area contributed by atoms with Crippen molar-refractivity contribution in [1.82, 2.24) is 0 Å². The fourth-order valence-corrected chi connectivity index (χ4v) is 3.88. The van der Waals surface area contributed by atoms with Crippen molar-refractivity contribution >= 4 is 11.8 Å². The van der Waals surface area contributed by atoms with Gasteiger partial charge in [-0.25, -0.2) is 0 Å². The zero-order valence-electron chi connectivity index (χ0n) is 13.7. The molecule has 1 unspecified atom stereocenters. The largest absolute Gasteiger partial charge is 0.380 e. The molecule has 0 aliphatic carbocycles. The van der Waals surface area contributed by atoms with Gasteiger partial charge in [-0.15, -0.1) is 11.8 Å². The molecule has 1 saturated heterocycles. The van der Waals surface area contributed by atoms with E-state index in [9.17, 15) is 0 Å². The first-order chi connectivity index (χ1) is 11.8. The lowest BCUT2D eigenvalue weighted by atomic mass is 9.90. The fraction of sp³-hybridized carbons (Fsp3) is 0.286. The van der Waals surface area contributed by atoms with E-state index in [0.29, 0.717) is 5.92 Å². The Balaban J connectivity index is 1.59. The summed E-state index contributed by atoms with van der Waals surface area (Å²) in [6.07, 6.45) is 2.07. The van der Waals surface area contributed by atoms with Gasteiger partial charge in [0.15, 0.2) is 0 Å². The van der Waals surface area contributed by atoms with Gasteiger partial charge in [0.25, 0.3) is 0 Å². The lowest BCUT2D eigenvalue weighted by Crippen LogP contribution is -2.22. The van der Waals surface area contributed by atoms with Crippen molar-refractivity contribution in [3.8, 4) is 6.07 Å². The molecule has 122 valence electrons. The molecule has 2 nitrogen and oxygen atoms in total. The molecule has 0 saturated carbocycles. The second-order valence-electron chi connectivity index (χ2n) is 6.02. The Morgan fingerprint density at radius 1 is 1.08 bits per heavy atom. The van der Waals surface area contributed by atoms with Gasteiger partial charge in [-0.1, -0.05) is 48.0 Å². The standard InChI is InChI=1S/C21H21NOS/c22-13-18-6-8-19(9-7-18)15-24-16-20-10-11-23-14-21(20)12-17-4-2-1-3-5-17/h1-9,16,21H,10-12,14-15H2/b20-16+. The maximum absolute atomic E-state index is 8.85. The average Bonchev–Trinajstić information content (AvgIpc) is 2.64. The monoisotopic (exact) mass is 335 g/mol. The topological polar surface area (TPSA) is 33.0 Å². The molecule has 1 aliphatic rings. The third-order valence-electron chi connectivity index (χ3n) is 4.27. The summed E-state index contributed by atoms with van der Waals surface area (Å²) in [7, 11) is 0. The number of hydrogen-bond acceptors (Lipinski definition) is 3. The van der Waals surface area contributed by atoms with Crippen LogP contribution in [0.1, 0.15) is 23.1 Å². The number of nitriles is 1. The quantitative estimate of drug-likeness (QED) is 0.774. The molecular weight excluding hydrogens is 314 g/mol. The zero-order chi connectivity index (χ0) is 16.6. The maximum atomic E-state index is 8.85. The lowest BCUT2D eigenvalue weighted by molar-refractivity contribution is 0.0846. The van der Waals surface area contributed by atoms with Crippen LogP contribution in [-0.4, -0.2) is 13.2 Å². The summed E-state index contributed by atoms with van der Waals surface area (Å²) in [4.78, 5) is 0. The van der Waals surface area contributed by atoms with Crippen LogP contribution in [0.2, 0.25) is 0 Å². The molecule has 0 spiro atoms. The highest BCUT2D eigenvalue weighted by molar-refractivity contribution is 8.01. The van der Waals surface area contributed by atoms with Gasteiger partial charge in [0.05, 0.1) is 24.8 Å². The fourth-order valence-electron chi connectivity index (χ4n) is 2.89. The molecule has 3 heteroatoms.